The quantitative estimate of drug-likeness (QED) is 0.707. The zero-order valence-corrected chi connectivity index (χ0v) is 15.0. The minimum Gasteiger partial charge on any atom is -0.495 e. The second-order valence-corrected chi connectivity index (χ2v) is 6.22. The van der Waals surface area contributed by atoms with Crippen LogP contribution in [0.3, 0.4) is 0 Å². The predicted octanol–water partition coefficient (Wildman–Crippen LogP) is 4.44. The number of benzene rings is 1. The standard InChI is InChI=1S/C16H18ClIN2O/c1-3-8-19-15(11-6-7-13(18)12(17)10-11)16-14(21-2)5-4-9-20-16/h4-7,9-10,15,19H,3,8H2,1-2H3. The molecular weight excluding hydrogens is 399 g/mol. The molecule has 1 N–H and O–H groups in total. The fraction of sp³-hybridized carbons (Fsp3) is 0.312. The molecule has 0 saturated heterocycles. The summed E-state index contributed by atoms with van der Waals surface area (Å²) in [5.41, 5.74) is 1.97. The van der Waals surface area contributed by atoms with E-state index in [2.05, 4.69) is 45.9 Å². The molecule has 1 aromatic heterocycles. The van der Waals surface area contributed by atoms with Crippen LogP contribution in [0, 0.1) is 3.57 Å². The van der Waals surface area contributed by atoms with Crippen LogP contribution in [0.15, 0.2) is 36.5 Å². The highest BCUT2D eigenvalue weighted by molar-refractivity contribution is 14.1. The van der Waals surface area contributed by atoms with Gasteiger partial charge in [-0.3, -0.25) is 4.98 Å². The first kappa shape index (κ1) is 16.5. The molecule has 1 heterocycles. The fourth-order valence-electron chi connectivity index (χ4n) is 2.15. The summed E-state index contributed by atoms with van der Waals surface area (Å²) in [7, 11) is 1.66. The van der Waals surface area contributed by atoms with Gasteiger partial charge in [-0.1, -0.05) is 24.6 Å². The van der Waals surface area contributed by atoms with E-state index in [1.807, 2.05) is 24.3 Å². The van der Waals surface area contributed by atoms with Crippen LogP contribution in [0.25, 0.3) is 0 Å². The number of rotatable bonds is 6. The third-order valence-corrected chi connectivity index (χ3v) is 4.74. The van der Waals surface area contributed by atoms with Crippen molar-refractivity contribution >= 4 is 34.2 Å². The largest absolute Gasteiger partial charge is 0.495 e. The summed E-state index contributed by atoms with van der Waals surface area (Å²) >= 11 is 8.50. The summed E-state index contributed by atoms with van der Waals surface area (Å²) in [6, 6.07) is 9.86. The Kier molecular flexibility index (Phi) is 6.26. The van der Waals surface area contributed by atoms with Crippen LogP contribution in [-0.2, 0) is 0 Å². The fourth-order valence-corrected chi connectivity index (χ4v) is 2.67. The molecule has 0 saturated carbocycles. The van der Waals surface area contributed by atoms with Crippen molar-refractivity contribution in [2.24, 2.45) is 0 Å². The normalized spacial score (nSPS) is 12.2. The topological polar surface area (TPSA) is 34.2 Å². The maximum Gasteiger partial charge on any atom is 0.142 e. The lowest BCUT2D eigenvalue weighted by atomic mass is 10.0. The minimum absolute atomic E-state index is 0.0319. The summed E-state index contributed by atoms with van der Waals surface area (Å²) in [6.07, 6.45) is 2.83. The van der Waals surface area contributed by atoms with Crippen molar-refractivity contribution in [2.45, 2.75) is 19.4 Å². The molecule has 0 amide bonds. The summed E-state index contributed by atoms with van der Waals surface area (Å²) in [5, 5.41) is 4.28. The first-order valence-electron chi connectivity index (χ1n) is 6.84. The summed E-state index contributed by atoms with van der Waals surface area (Å²) in [6.45, 7) is 3.04. The molecule has 1 unspecified atom stereocenters. The van der Waals surface area contributed by atoms with Crippen molar-refractivity contribution in [3.8, 4) is 5.75 Å². The van der Waals surface area contributed by atoms with Crippen molar-refractivity contribution in [3.05, 3.63) is 56.4 Å². The summed E-state index contributed by atoms with van der Waals surface area (Å²) in [5.74, 6) is 0.778. The number of aromatic nitrogens is 1. The molecule has 0 aliphatic heterocycles. The molecule has 1 atom stereocenters. The van der Waals surface area contributed by atoms with E-state index in [-0.39, 0.29) is 6.04 Å². The number of nitrogens with one attached hydrogen (secondary N) is 1. The average Bonchev–Trinajstić information content (AvgIpc) is 2.51. The van der Waals surface area contributed by atoms with Crippen LogP contribution >= 0.6 is 34.2 Å². The zero-order chi connectivity index (χ0) is 15.2. The Bertz CT molecular complexity index is 607. The molecule has 1 aromatic carbocycles. The smallest absolute Gasteiger partial charge is 0.142 e. The molecule has 0 aliphatic rings. The number of pyridine rings is 1. The molecule has 3 nitrogen and oxygen atoms in total. The molecule has 0 fully saturated rings. The first-order chi connectivity index (χ1) is 10.2. The number of hydrogen-bond donors (Lipinski definition) is 1. The number of hydrogen-bond acceptors (Lipinski definition) is 3. The van der Waals surface area contributed by atoms with Crippen LogP contribution in [-0.4, -0.2) is 18.6 Å². The number of nitrogens with zero attached hydrogens (tertiary/aromatic N) is 1. The van der Waals surface area contributed by atoms with Gasteiger partial charge in [-0.25, -0.2) is 0 Å². The Morgan fingerprint density at radius 2 is 2.19 bits per heavy atom. The van der Waals surface area contributed by atoms with Gasteiger partial charge >= 0.3 is 0 Å². The Labute approximate surface area is 144 Å². The first-order valence-corrected chi connectivity index (χ1v) is 8.30. The maximum absolute atomic E-state index is 6.27. The molecule has 2 rings (SSSR count). The monoisotopic (exact) mass is 416 g/mol. The number of methoxy groups -OCH3 is 1. The van der Waals surface area contributed by atoms with Gasteiger partial charge in [-0.2, -0.15) is 0 Å². The average molecular weight is 417 g/mol. The Hall–Kier alpha value is -0.850. The third-order valence-electron chi connectivity index (χ3n) is 3.17. The van der Waals surface area contributed by atoms with Gasteiger partial charge in [-0.15, -0.1) is 0 Å². The van der Waals surface area contributed by atoms with Crippen molar-refractivity contribution in [1.82, 2.24) is 10.3 Å². The van der Waals surface area contributed by atoms with E-state index in [1.54, 1.807) is 13.3 Å². The van der Waals surface area contributed by atoms with E-state index >= 15 is 0 Å². The Balaban J connectivity index is 2.44. The van der Waals surface area contributed by atoms with Crippen molar-refractivity contribution in [3.63, 3.8) is 0 Å². The molecule has 5 heteroatoms. The van der Waals surface area contributed by atoms with E-state index in [0.29, 0.717) is 0 Å². The van der Waals surface area contributed by atoms with Crippen LogP contribution in [0.5, 0.6) is 5.75 Å². The second-order valence-electron chi connectivity index (χ2n) is 4.65. The van der Waals surface area contributed by atoms with Crippen molar-refractivity contribution < 1.29 is 4.74 Å². The van der Waals surface area contributed by atoms with Crippen molar-refractivity contribution in [1.29, 1.82) is 0 Å². The van der Waals surface area contributed by atoms with Gasteiger partial charge in [0.25, 0.3) is 0 Å². The third kappa shape index (κ3) is 4.08. The Morgan fingerprint density at radius 3 is 2.86 bits per heavy atom. The molecule has 112 valence electrons. The van der Waals surface area contributed by atoms with Crippen LogP contribution < -0.4 is 10.1 Å². The molecule has 2 aromatic rings. The van der Waals surface area contributed by atoms with Crippen LogP contribution in [0.2, 0.25) is 5.02 Å². The van der Waals surface area contributed by atoms with E-state index in [9.17, 15) is 0 Å². The second kappa shape index (κ2) is 7.96. The number of halogens is 2. The summed E-state index contributed by atoms with van der Waals surface area (Å²) < 4.78 is 6.49. The van der Waals surface area contributed by atoms with Gasteiger partial charge < -0.3 is 10.1 Å². The van der Waals surface area contributed by atoms with Gasteiger partial charge in [0.05, 0.1) is 18.2 Å². The summed E-state index contributed by atoms with van der Waals surface area (Å²) in [4.78, 5) is 4.50. The molecule has 21 heavy (non-hydrogen) atoms. The van der Waals surface area contributed by atoms with E-state index < -0.39 is 0 Å². The van der Waals surface area contributed by atoms with Gasteiger partial charge in [0.2, 0.25) is 0 Å². The maximum atomic E-state index is 6.27. The minimum atomic E-state index is -0.0319. The highest BCUT2D eigenvalue weighted by Crippen LogP contribution is 2.30. The SMILES string of the molecule is CCCNC(c1ccc(I)c(Cl)c1)c1ncccc1OC. The number of ether oxygens (including phenoxy) is 1. The molecule has 0 radical (unpaired) electrons. The lowest BCUT2D eigenvalue weighted by molar-refractivity contribution is 0.400. The molecular formula is C16H18ClIN2O. The highest BCUT2D eigenvalue weighted by Gasteiger charge is 2.19. The predicted molar refractivity (Wildman–Crippen MR) is 95.1 cm³/mol. The lowest BCUT2D eigenvalue weighted by Crippen LogP contribution is -2.24. The van der Waals surface area contributed by atoms with E-state index in [0.717, 1.165) is 38.6 Å². The van der Waals surface area contributed by atoms with Crippen LogP contribution in [0.4, 0.5) is 0 Å². The lowest BCUT2D eigenvalue weighted by Gasteiger charge is -2.21. The molecule has 0 aliphatic carbocycles. The zero-order valence-electron chi connectivity index (χ0n) is 12.1. The highest BCUT2D eigenvalue weighted by atomic mass is 127. The van der Waals surface area contributed by atoms with Gasteiger partial charge in [0.1, 0.15) is 11.4 Å². The van der Waals surface area contributed by atoms with Gasteiger partial charge in [-0.05, 0) is 65.4 Å². The van der Waals surface area contributed by atoms with E-state index in [1.165, 1.54) is 0 Å². The van der Waals surface area contributed by atoms with Gasteiger partial charge in [0, 0.05) is 9.77 Å². The van der Waals surface area contributed by atoms with E-state index in [4.69, 9.17) is 16.3 Å². The van der Waals surface area contributed by atoms with Gasteiger partial charge in [0.15, 0.2) is 0 Å². The molecule has 0 spiro atoms. The molecule has 0 bridgehead atoms. The van der Waals surface area contributed by atoms with Crippen molar-refractivity contribution in [2.75, 3.05) is 13.7 Å². The van der Waals surface area contributed by atoms with Crippen LogP contribution in [0.1, 0.15) is 30.6 Å². The Morgan fingerprint density at radius 1 is 1.38 bits per heavy atom.